The van der Waals surface area contributed by atoms with Crippen molar-refractivity contribution in [2.75, 3.05) is 5.32 Å². The summed E-state index contributed by atoms with van der Waals surface area (Å²) in [4.78, 5) is 7.80. The van der Waals surface area contributed by atoms with Gasteiger partial charge in [-0.1, -0.05) is 11.6 Å². The second kappa shape index (κ2) is 5.34. The van der Waals surface area contributed by atoms with Crippen LogP contribution in [0.1, 0.15) is 5.56 Å². The molecule has 0 radical (unpaired) electrons. The summed E-state index contributed by atoms with van der Waals surface area (Å²) in [7, 11) is 0. The average Bonchev–Trinajstić information content (AvgIpc) is 2.30. The van der Waals surface area contributed by atoms with Crippen LogP contribution in [0.3, 0.4) is 0 Å². The Morgan fingerprint density at radius 1 is 1.11 bits per heavy atom. The number of nitrogens with zero attached hydrogens (tertiary/aromatic N) is 2. The van der Waals surface area contributed by atoms with E-state index in [9.17, 15) is 13.2 Å². The van der Waals surface area contributed by atoms with Crippen molar-refractivity contribution in [2.24, 2.45) is 0 Å². The number of benzene rings is 1. The fourth-order valence-electron chi connectivity index (χ4n) is 1.33. The minimum Gasteiger partial charge on any atom is -0.324 e. The van der Waals surface area contributed by atoms with Gasteiger partial charge in [-0.2, -0.15) is 13.2 Å². The fraction of sp³-hybridized carbons (Fsp3) is 0.0909. The number of halogens is 5. The predicted molar refractivity (Wildman–Crippen MR) is 69.5 cm³/mol. The minimum absolute atomic E-state index is 0.0190. The standard InChI is InChI=1S/C11H6BrClF3N3/c12-7-4-17-10(18-5-7)19-9-2-6(11(14,15)16)1-8(13)3-9/h1-5H,(H,17,18,19). The first-order valence-corrected chi connectivity index (χ1v) is 6.14. The Morgan fingerprint density at radius 2 is 1.74 bits per heavy atom. The van der Waals surface area contributed by atoms with E-state index < -0.39 is 11.7 Å². The maximum atomic E-state index is 12.6. The summed E-state index contributed by atoms with van der Waals surface area (Å²) in [5, 5.41) is 2.64. The molecule has 1 aromatic heterocycles. The molecule has 0 unspecified atom stereocenters. The van der Waals surface area contributed by atoms with Gasteiger partial charge in [0, 0.05) is 23.1 Å². The van der Waals surface area contributed by atoms with Gasteiger partial charge in [-0.15, -0.1) is 0 Å². The summed E-state index contributed by atoms with van der Waals surface area (Å²) in [6.45, 7) is 0. The summed E-state index contributed by atoms with van der Waals surface area (Å²) in [6.07, 6.45) is -1.50. The molecule has 0 aliphatic heterocycles. The second-order valence-electron chi connectivity index (χ2n) is 3.58. The van der Waals surface area contributed by atoms with Crippen LogP contribution in [0.4, 0.5) is 24.8 Å². The zero-order chi connectivity index (χ0) is 14.0. The lowest BCUT2D eigenvalue weighted by Crippen LogP contribution is -2.06. The highest BCUT2D eigenvalue weighted by molar-refractivity contribution is 9.10. The van der Waals surface area contributed by atoms with Crippen molar-refractivity contribution in [1.82, 2.24) is 9.97 Å². The van der Waals surface area contributed by atoms with Crippen LogP contribution >= 0.6 is 27.5 Å². The highest BCUT2D eigenvalue weighted by atomic mass is 79.9. The van der Waals surface area contributed by atoms with Crippen molar-refractivity contribution < 1.29 is 13.2 Å². The highest BCUT2D eigenvalue weighted by Crippen LogP contribution is 2.33. The second-order valence-corrected chi connectivity index (χ2v) is 4.93. The van der Waals surface area contributed by atoms with Crippen molar-refractivity contribution >= 4 is 39.2 Å². The molecule has 2 rings (SSSR count). The van der Waals surface area contributed by atoms with Crippen molar-refractivity contribution in [1.29, 1.82) is 0 Å². The van der Waals surface area contributed by atoms with E-state index in [1.807, 2.05) is 0 Å². The molecule has 0 saturated heterocycles. The van der Waals surface area contributed by atoms with E-state index in [4.69, 9.17) is 11.6 Å². The summed E-state index contributed by atoms with van der Waals surface area (Å²) < 4.78 is 38.5. The number of rotatable bonds is 2. The Labute approximate surface area is 120 Å². The van der Waals surface area contributed by atoms with Gasteiger partial charge < -0.3 is 5.32 Å². The largest absolute Gasteiger partial charge is 0.416 e. The first-order valence-electron chi connectivity index (χ1n) is 4.97. The molecular formula is C11H6BrClF3N3. The van der Waals surface area contributed by atoms with Gasteiger partial charge in [-0.3, -0.25) is 0 Å². The number of hydrogen-bond acceptors (Lipinski definition) is 3. The number of anilines is 2. The Kier molecular flexibility index (Phi) is 3.96. The van der Waals surface area contributed by atoms with Crippen molar-refractivity contribution in [3.8, 4) is 0 Å². The third kappa shape index (κ3) is 3.81. The summed E-state index contributed by atoms with van der Waals surface area (Å²) in [5.41, 5.74) is -0.665. The van der Waals surface area contributed by atoms with E-state index in [0.29, 0.717) is 4.47 Å². The first kappa shape index (κ1) is 14.1. The molecule has 0 bridgehead atoms. The van der Waals surface area contributed by atoms with Crippen LogP contribution in [-0.4, -0.2) is 9.97 Å². The van der Waals surface area contributed by atoms with Gasteiger partial charge in [0.1, 0.15) is 0 Å². The molecule has 0 amide bonds. The quantitative estimate of drug-likeness (QED) is 0.854. The van der Waals surface area contributed by atoms with E-state index in [0.717, 1.165) is 12.1 Å². The van der Waals surface area contributed by atoms with E-state index in [2.05, 4.69) is 31.2 Å². The minimum atomic E-state index is -4.46. The zero-order valence-electron chi connectivity index (χ0n) is 9.17. The third-order valence-corrected chi connectivity index (χ3v) is 2.73. The van der Waals surface area contributed by atoms with Crippen LogP contribution in [0.25, 0.3) is 0 Å². The van der Waals surface area contributed by atoms with E-state index in [1.54, 1.807) is 0 Å². The molecule has 1 aromatic carbocycles. The Bertz CT molecular complexity index is 587. The Balaban J connectivity index is 2.30. The molecule has 0 aliphatic carbocycles. The van der Waals surface area contributed by atoms with Crippen molar-refractivity contribution in [3.05, 3.63) is 45.7 Å². The molecule has 8 heteroatoms. The van der Waals surface area contributed by atoms with E-state index in [1.165, 1.54) is 18.5 Å². The Hall–Kier alpha value is -1.34. The van der Waals surface area contributed by atoms with Crippen LogP contribution in [-0.2, 0) is 6.18 Å². The molecule has 0 atom stereocenters. The number of alkyl halides is 3. The van der Waals surface area contributed by atoms with E-state index in [-0.39, 0.29) is 16.7 Å². The van der Waals surface area contributed by atoms with Gasteiger partial charge >= 0.3 is 6.18 Å². The van der Waals surface area contributed by atoms with Crippen molar-refractivity contribution in [2.45, 2.75) is 6.18 Å². The maximum absolute atomic E-state index is 12.6. The number of aromatic nitrogens is 2. The van der Waals surface area contributed by atoms with Gasteiger partial charge in [-0.25, -0.2) is 9.97 Å². The SMILES string of the molecule is FC(F)(F)c1cc(Cl)cc(Nc2ncc(Br)cn2)c1. The van der Waals surface area contributed by atoms with Gasteiger partial charge in [-0.05, 0) is 34.1 Å². The van der Waals surface area contributed by atoms with Gasteiger partial charge in [0.15, 0.2) is 0 Å². The third-order valence-electron chi connectivity index (χ3n) is 2.10. The molecule has 100 valence electrons. The van der Waals surface area contributed by atoms with Crippen LogP contribution < -0.4 is 5.32 Å². The van der Waals surface area contributed by atoms with Crippen LogP contribution in [0.2, 0.25) is 5.02 Å². The average molecular weight is 353 g/mol. The fourth-order valence-corrected chi connectivity index (χ4v) is 1.77. The zero-order valence-corrected chi connectivity index (χ0v) is 11.5. The molecule has 0 spiro atoms. The molecule has 1 N–H and O–H groups in total. The molecular weight excluding hydrogens is 346 g/mol. The molecule has 2 aromatic rings. The highest BCUT2D eigenvalue weighted by Gasteiger charge is 2.31. The smallest absolute Gasteiger partial charge is 0.324 e. The lowest BCUT2D eigenvalue weighted by atomic mass is 10.2. The molecule has 0 fully saturated rings. The summed E-state index contributed by atoms with van der Waals surface area (Å²) in [6, 6.07) is 3.16. The maximum Gasteiger partial charge on any atom is 0.416 e. The summed E-state index contributed by atoms with van der Waals surface area (Å²) in [5.74, 6) is 0.179. The van der Waals surface area contributed by atoms with Gasteiger partial charge in [0.05, 0.1) is 10.0 Å². The molecule has 3 nitrogen and oxygen atoms in total. The van der Waals surface area contributed by atoms with Crippen LogP contribution in [0.15, 0.2) is 35.1 Å². The van der Waals surface area contributed by atoms with Crippen LogP contribution in [0, 0.1) is 0 Å². The normalized spacial score (nSPS) is 11.4. The lowest BCUT2D eigenvalue weighted by molar-refractivity contribution is -0.137. The van der Waals surface area contributed by atoms with Gasteiger partial charge in [0.25, 0.3) is 0 Å². The summed E-state index contributed by atoms with van der Waals surface area (Å²) >= 11 is 8.82. The van der Waals surface area contributed by atoms with Crippen molar-refractivity contribution in [3.63, 3.8) is 0 Å². The molecule has 0 aliphatic rings. The predicted octanol–water partition coefficient (Wildman–Crippen LogP) is 4.65. The number of hydrogen-bond donors (Lipinski definition) is 1. The van der Waals surface area contributed by atoms with E-state index >= 15 is 0 Å². The lowest BCUT2D eigenvalue weighted by Gasteiger charge is -2.10. The monoisotopic (exact) mass is 351 g/mol. The molecule has 19 heavy (non-hydrogen) atoms. The molecule has 1 heterocycles. The Morgan fingerprint density at radius 3 is 2.32 bits per heavy atom. The first-order chi connectivity index (χ1) is 8.84. The number of nitrogens with one attached hydrogen (secondary N) is 1. The topological polar surface area (TPSA) is 37.8 Å². The molecule has 0 saturated carbocycles. The van der Waals surface area contributed by atoms with Gasteiger partial charge in [0.2, 0.25) is 5.95 Å². The van der Waals surface area contributed by atoms with Crippen LogP contribution in [0.5, 0.6) is 0 Å².